The molecule has 15 heavy (non-hydrogen) atoms. The summed E-state index contributed by atoms with van der Waals surface area (Å²) in [7, 11) is 0. The smallest absolute Gasteiger partial charge is 0.254 e. The molecule has 1 aromatic rings. The predicted molar refractivity (Wildman–Crippen MR) is 56.4 cm³/mol. The highest BCUT2D eigenvalue weighted by Crippen LogP contribution is 2.37. The number of hydrogen-bond acceptors (Lipinski definition) is 5. The Morgan fingerprint density at radius 1 is 1.67 bits per heavy atom. The molecule has 2 atom stereocenters. The number of nitrogens with one attached hydrogen (secondary N) is 2. The van der Waals surface area contributed by atoms with Gasteiger partial charge in [-0.1, -0.05) is 0 Å². The zero-order valence-electron chi connectivity index (χ0n) is 8.23. The van der Waals surface area contributed by atoms with E-state index in [4.69, 9.17) is 10.8 Å². The molecule has 0 bridgehead atoms. The zero-order valence-corrected chi connectivity index (χ0v) is 8.23. The van der Waals surface area contributed by atoms with Gasteiger partial charge in [-0.05, 0) is 18.3 Å². The molecule has 2 unspecified atom stereocenters. The van der Waals surface area contributed by atoms with Crippen LogP contribution in [0.3, 0.4) is 0 Å². The Labute approximate surface area is 86.5 Å². The van der Waals surface area contributed by atoms with Gasteiger partial charge >= 0.3 is 0 Å². The molecule has 2 rings (SSSR count). The monoisotopic (exact) mass is 210 g/mol. The van der Waals surface area contributed by atoms with E-state index in [0.29, 0.717) is 17.7 Å². The van der Waals surface area contributed by atoms with Gasteiger partial charge in [-0.2, -0.15) is 4.98 Å². The van der Waals surface area contributed by atoms with Crippen molar-refractivity contribution < 1.29 is 5.11 Å². The van der Waals surface area contributed by atoms with E-state index in [1.165, 1.54) is 6.07 Å². The normalized spacial score (nSPS) is 23.8. The van der Waals surface area contributed by atoms with Gasteiger partial charge in [0.05, 0.1) is 0 Å². The van der Waals surface area contributed by atoms with Crippen LogP contribution in [0.4, 0.5) is 11.8 Å². The highest BCUT2D eigenvalue weighted by Gasteiger charge is 2.35. The molecule has 1 heterocycles. The Morgan fingerprint density at radius 2 is 2.47 bits per heavy atom. The van der Waals surface area contributed by atoms with E-state index in [9.17, 15) is 4.79 Å². The number of aromatic nitrogens is 2. The van der Waals surface area contributed by atoms with Gasteiger partial charge in [0, 0.05) is 19.2 Å². The Kier molecular flexibility index (Phi) is 2.59. The predicted octanol–water partition coefficient (Wildman–Crippen LogP) is -0.608. The molecule has 1 saturated carbocycles. The van der Waals surface area contributed by atoms with Crippen molar-refractivity contribution in [2.24, 2.45) is 11.8 Å². The largest absolute Gasteiger partial charge is 0.396 e. The number of rotatable bonds is 4. The van der Waals surface area contributed by atoms with E-state index in [1.54, 1.807) is 0 Å². The molecule has 82 valence electrons. The minimum Gasteiger partial charge on any atom is -0.396 e. The van der Waals surface area contributed by atoms with Crippen LogP contribution >= 0.6 is 0 Å². The first-order valence-electron chi connectivity index (χ1n) is 4.90. The summed E-state index contributed by atoms with van der Waals surface area (Å²) < 4.78 is 0. The van der Waals surface area contributed by atoms with Gasteiger partial charge in [-0.25, -0.2) is 0 Å². The molecule has 6 nitrogen and oxygen atoms in total. The Hall–Kier alpha value is -1.56. The molecule has 0 spiro atoms. The average molecular weight is 210 g/mol. The number of aromatic amines is 1. The van der Waals surface area contributed by atoms with Crippen molar-refractivity contribution in [3.8, 4) is 0 Å². The second-order valence-electron chi connectivity index (χ2n) is 3.84. The number of aliphatic hydroxyl groups excluding tert-OH is 1. The van der Waals surface area contributed by atoms with Crippen LogP contribution in [-0.4, -0.2) is 28.2 Å². The van der Waals surface area contributed by atoms with Gasteiger partial charge in [0.15, 0.2) is 0 Å². The molecular formula is C9H14N4O2. The van der Waals surface area contributed by atoms with Crippen LogP contribution < -0.4 is 16.6 Å². The standard InChI is InChI=1S/C9H14N4O2/c10-9-12-7(2-8(15)13-9)11-3-5-1-6(5)4-14/h2,5-6,14H,1,3-4H2,(H4,10,11,12,13,15). The molecule has 1 aliphatic rings. The molecule has 0 saturated heterocycles. The molecule has 0 amide bonds. The number of nitrogens with zero attached hydrogens (tertiary/aromatic N) is 1. The number of nitrogen functional groups attached to an aromatic ring is 1. The lowest BCUT2D eigenvalue weighted by atomic mass is 10.3. The molecule has 1 aromatic heterocycles. The third kappa shape index (κ3) is 2.47. The highest BCUT2D eigenvalue weighted by atomic mass is 16.3. The number of aliphatic hydroxyl groups is 1. The summed E-state index contributed by atoms with van der Waals surface area (Å²) in [4.78, 5) is 17.3. The fourth-order valence-electron chi connectivity index (χ4n) is 1.59. The van der Waals surface area contributed by atoms with Gasteiger partial charge in [0.2, 0.25) is 5.95 Å². The van der Waals surface area contributed by atoms with Crippen LogP contribution in [0.5, 0.6) is 0 Å². The van der Waals surface area contributed by atoms with Crippen LogP contribution in [0.15, 0.2) is 10.9 Å². The fourth-order valence-corrected chi connectivity index (χ4v) is 1.59. The fraction of sp³-hybridized carbons (Fsp3) is 0.556. The maximum absolute atomic E-state index is 11.0. The summed E-state index contributed by atoms with van der Waals surface area (Å²) in [6, 6.07) is 1.37. The zero-order chi connectivity index (χ0) is 10.8. The molecule has 1 aliphatic carbocycles. The summed E-state index contributed by atoms with van der Waals surface area (Å²) in [5, 5.41) is 11.9. The highest BCUT2D eigenvalue weighted by molar-refractivity contribution is 5.37. The van der Waals surface area contributed by atoms with Gasteiger partial charge in [-0.3, -0.25) is 9.78 Å². The molecule has 0 radical (unpaired) electrons. The van der Waals surface area contributed by atoms with Crippen molar-refractivity contribution in [2.75, 3.05) is 24.2 Å². The van der Waals surface area contributed by atoms with E-state index in [0.717, 1.165) is 13.0 Å². The van der Waals surface area contributed by atoms with Crippen molar-refractivity contribution in [3.63, 3.8) is 0 Å². The molecule has 0 aliphatic heterocycles. The maximum atomic E-state index is 11.0. The third-order valence-corrected chi connectivity index (χ3v) is 2.61. The Balaban J connectivity index is 1.91. The number of nitrogens with two attached hydrogens (primary N) is 1. The van der Waals surface area contributed by atoms with E-state index in [2.05, 4.69) is 15.3 Å². The second kappa shape index (κ2) is 3.90. The molecule has 1 fully saturated rings. The van der Waals surface area contributed by atoms with Crippen LogP contribution in [0.2, 0.25) is 0 Å². The van der Waals surface area contributed by atoms with E-state index in [1.807, 2.05) is 0 Å². The Bertz CT molecular complexity index is 403. The van der Waals surface area contributed by atoms with Crippen LogP contribution in [0.25, 0.3) is 0 Å². The maximum Gasteiger partial charge on any atom is 0.254 e. The van der Waals surface area contributed by atoms with Gasteiger partial charge in [0.1, 0.15) is 5.82 Å². The van der Waals surface area contributed by atoms with Crippen molar-refractivity contribution in [3.05, 3.63) is 16.4 Å². The van der Waals surface area contributed by atoms with Crippen molar-refractivity contribution >= 4 is 11.8 Å². The first kappa shape index (κ1) is 9.97. The Morgan fingerprint density at radius 3 is 3.07 bits per heavy atom. The summed E-state index contributed by atoms with van der Waals surface area (Å²) >= 11 is 0. The van der Waals surface area contributed by atoms with Crippen molar-refractivity contribution in [1.29, 1.82) is 0 Å². The first-order chi connectivity index (χ1) is 7.19. The molecule has 5 N–H and O–H groups in total. The topological polar surface area (TPSA) is 104 Å². The summed E-state index contributed by atoms with van der Waals surface area (Å²) in [5.41, 5.74) is 5.12. The number of hydrogen-bond donors (Lipinski definition) is 4. The lowest BCUT2D eigenvalue weighted by molar-refractivity contribution is 0.270. The number of anilines is 2. The number of H-pyrrole nitrogens is 1. The molecule has 0 aromatic carbocycles. The van der Waals surface area contributed by atoms with Gasteiger partial charge in [0.25, 0.3) is 5.56 Å². The van der Waals surface area contributed by atoms with Crippen molar-refractivity contribution in [2.45, 2.75) is 6.42 Å². The molecule has 6 heteroatoms. The lowest BCUT2D eigenvalue weighted by Gasteiger charge is -2.04. The van der Waals surface area contributed by atoms with E-state index in [-0.39, 0.29) is 18.1 Å². The summed E-state index contributed by atoms with van der Waals surface area (Å²) in [5.74, 6) is 1.48. The van der Waals surface area contributed by atoms with Crippen LogP contribution in [0, 0.1) is 11.8 Å². The minimum atomic E-state index is -0.264. The van der Waals surface area contributed by atoms with Crippen LogP contribution in [0.1, 0.15) is 6.42 Å². The van der Waals surface area contributed by atoms with Crippen LogP contribution in [-0.2, 0) is 0 Å². The minimum absolute atomic E-state index is 0.111. The SMILES string of the molecule is Nc1nc(NCC2CC2CO)cc(=O)[nH]1. The van der Waals surface area contributed by atoms with E-state index >= 15 is 0 Å². The van der Waals surface area contributed by atoms with Gasteiger partial charge < -0.3 is 16.2 Å². The third-order valence-electron chi connectivity index (χ3n) is 2.61. The summed E-state index contributed by atoms with van der Waals surface area (Å²) in [6.07, 6.45) is 1.03. The lowest BCUT2D eigenvalue weighted by Crippen LogP contribution is -2.14. The molecular weight excluding hydrogens is 196 g/mol. The summed E-state index contributed by atoms with van der Waals surface area (Å²) in [6.45, 7) is 0.957. The van der Waals surface area contributed by atoms with E-state index < -0.39 is 0 Å². The van der Waals surface area contributed by atoms with Gasteiger partial charge in [-0.15, -0.1) is 0 Å². The van der Waals surface area contributed by atoms with Crippen molar-refractivity contribution in [1.82, 2.24) is 9.97 Å². The average Bonchev–Trinajstić information content (AvgIpc) is 2.91. The first-order valence-corrected chi connectivity index (χ1v) is 4.90. The quantitative estimate of drug-likeness (QED) is 0.531. The second-order valence-corrected chi connectivity index (χ2v) is 3.84.